The average molecular weight is 739 g/mol. The Morgan fingerprint density at radius 2 is 0.741 bits per heavy atom. The fourth-order valence-corrected chi connectivity index (χ4v) is 9.83. The molecule has 2 heteroatoms. The fraction of sp³-hybridized carbons (Fsp3) is 0.0357. The van der Waals surface area contributed by atoms with E-state index in [1.54, 1.807) is 0 Å². The Hall–Kier alpha value is -7.42. The van der Waals surface area contributed by atoms with Gasteiger partial charge in [-0.2, -0.15) is 0 Å². The number of para-hydroxylation sites is 4. The van der Waals surface area contributed by atoms with Gasteiger partial charge >= 0.3 is 0 Å². The number of nitrogens with zero attached hydrogens (tertiary/aromatic N) is 2. The lowest BCUT2D eigenvalue weighted by atomic mass is 9.84. The summed E-state index contributed by atoms with van der Waals surface area (Å²) < 4.78 is 4.89. The highest BCUT2D eigenvalue weighted by molar-refractivity contribution is 6.24. The van der Waals surface area contributed by atoms with Crippen LogP contribution in [-0.2, 0) is 0 Å². The number of benzene rings is 10. The maximum atomic E-state index is 2.45. The first-order valence-electron chi connectivity index (χ1n) is 20.2. The maximum Gasteiger partial charge on any atom is 0.0541 e. The van der Waals surface area contributed by atoms with Crippen molar-refractivity contribution < 1.29 is 0 Å². The summed E-state index contributed by atoms with van der Waals surface area (Å²) in [6.07, 6.45) is 0. The summed E-state index contributed by atoms with van der Waals surface area (Å²) in [5.41, 5.74) is 14.7. The van der Waals surface area contributed by atoms with Gasteiger partial charge < -0.3 is 9.13 Å². The molecule has 0 fully saturated rings. The zero-order chi connectivity index (χ0) is 38.5. The molecule has 2 aromatic heterocycles. The number of rotatable bonds is 4. The van der Waals surface area contributed by atoms with Crippen molar-refractivity contribution in [1.82, 2.24) is 9.13 Å². The van der Waals surface area contributed by atoms with Crippen molar-refractivity contribution in [3.8, 4) is 33.6 Å². The minimum absolute atomic E-state index is 1.15. The molecule has 0 atom stereocenters. The first-order chi connectivity index (χ1) is 28.6. The van der Waals surface area contributed by atoms with E-state index < -0.39 is 0 Å². The number of aromatic nitrogens is 2. The summed E-state index contributed by atoms with van der Waals surface area (Å²) in [4.78, 5) is 0. The van der Waals surface area contributed by atoms with Crippen LogP contribution >= 0.6 is 0 Å². The maximum absolute atomic E-state index is 2.45. The van der Waals surface area contributed by atoms with E-state index in [0.717, 1.165) is 11.4 Å². The van der Waals surface area contributed by atoms with Crippen LogP contribution in [0.5, 0.6) is 0 Å². The molecule has 0 radical (unpaired) electrons. The van der Waals surface area contributed by atoms with E-state index in [1.165, 1.54) is 109 Å². The molecule has 0 saturated carbocycles. The van der Waals surface area contributed by atoms with E-state index in [9.17, 15) is 0 Å². The second-order valence-electron chi connectivity index (χ2n) is 15.8. The van der Waals surface area contributed by atoms with Crippen molar-refractivity contribution >= 4 is 75.9 Å². The number of aryl methyl sites for hydroxylation is 2. The molecule has 0 amide bonds. The van der Waals surface area contributed by atoms with Crippen molar-refractivity contribution in [3.05, 3.63) is 205 Å². The number of hydrogen-bond acceptors (Lipinski definition) is 0. The Labute approximate surface area is 336 Å². The van der Waals surface area contributed by atoms with Gasteiger partial charge in [0.2, 0.25) is 0 Å². The molecule has 0 spiro atoms. The SMILES string of the molecule is Cc1ccc(-c2c3cc(-n4c5ccccc5c5ccccc54)ccc3c(-c3cccc4ccccc34)c3cc(-n4c5ccccc5c5ccccc54)ccc23)cc1C. The molecule has 272 valence electrons. The summed E-state index contributed by atoms with van der Waals surface area (Å²) in [6.45, 7) is 4.44. The lowest BCUT2D eigenvalue weighted by molar-refractivity contribution is 1.18. The molecule has 0 bridgehead atoms. The largest absolute Gasteiger partial charge is 0.309 e. The number of fused-ring (bicyclic) bond motifs is 9. The molecule has 2 nitrogen and oxygen atoms in total. The zero-order valence-electron chi connectivity index (χ0n) is 32.4. The topological polar surface area (TPSA) is 9.86 Å². The van der Waals surface area contributed by atoms with E-state index >= 15 is 0 Å². The Morgan fingerprint density at radius 1 is 0.293 bits per heavy atom. The lowest BCUT2D eigenvalue weighted by Gasteiger charge is -2.21. The first-order valence-corrected chi connectivity index (χ1v) is 20.2. The average Bonchev–Trinajstić information content (AvgIpc) is 3.79. The van der Waals surface area contributed by atoms with Gasteiger partial charge in [-0.1, -0.05) is 146 Å². The fourth-order valence-electron chi connectivity index (χ4n) is 9.83. The normalized spacial score (nSPS) is 12.0. The highest BCUT2D eigenvalue weighted by Gasteiger charge is 2.22. The molecular formula is C56H38N2. The van der Waals surface area contributed by atoms with Gasteiger partial charge in [-0.25, -0.2) is 0 Å². The van der Waals surface area contributed by atoms with Crippen LogP contribution in [-0.4, -0.2) is 9.13 Å². The molecule has 0 aliphatic heterocycles. The Kier molecular flexibility index (Phi) is 7.09. The quantitative estimate of drug-likeness (QED) is 0.159. The van der Waals surface area contributed by atoms with Crippen molar-refractivity contribution in [1.29, 1.82) is 0 Å². The van der Waals surface area contributed by atoms with Crippen LogP contribution in [0.15, 0.2) is 194 Å². The molecule has 0 aliphatic rings. The van der Waals surface area contributed by atoms with Crippen LogP contribution in [0.25, 0.3) is 110 Å². The molecule has 58 heavy (non-hydrogen) atoms. The van der Waals surface area contributed by atoms with Crippen LogP contribution in [0, 0.1) is 13.8 Å². The minimum Gasteiger partial charge on any atom is -0.309 e. The van der Waals surface area contributed by atoms with Crippen LogP contribution in [0.4, 0.5) is 0 Å². The van der Waals surface area contributed by atoms with Gasteiger partial charge in [-0.3, -0.25) is 0 Å². The Morgan fingerprint density at radius 3 is 1.28 bits per heavy atom. The van der Waals surface area contributed by atoms with E-state index in [0.29, 0.717) is 0 Å². The predicted molar refractivity (Wildman–Crippen MR) is 248 cm³/mol. The van der Waals surface area contributed by atoms with Crippen molar-refractivity contribution in [2.45, 2.75) is 13.8 Å². The standard InChI is InChI=1S/C56H38N2/c1-35-26-27-38(32-36(35)2)55-47-30-28-40(58-53-24-11-7-19-44(53)45-20-8-12-25-54(45)58)34-50(47)56(46-21-13-15-37-14-3-4-16-41(37)46)48-31-29-39(33-49(48)55)57-51-22-9-5-17-42(51)43-18-6-10-23-52(43)57/h3-34H,1-2H3. The van der Waals surface area contributed by atoms with Gasteiger partial charge in [0.25, 0.3) is 0 Å². The second kappa shape index (κ2) is 12.5. The minimum atomic E-state index is 1.15. The Balaban J connectivity index is 1.26. The summed E-state index contributed by atoms with van der Waals surface area (Å²) in [5, 5.41) is 12.5. The summed E-state index contributed by atoms with van der Waals surface area (Å²) >= 11 is 0. The molecule has 0 aliphatic carbocycles. The third-order valence-electron chi connectivity index (χ3n) is 12.6. The monoisotopic (exact) mass is 738 g/mol. The van der Waals surface area contributed by atoms with Gasteiger partial charge in [0, 0.05) is 32.9 Å². The van der Waals surface area contributed by atoms with Crippen LogP contribution in [0.3, 0.4) is 0 Å². The number of hydrogen-bond donors (Lipinski definition) is 0. The van der Waals surface area contributed by atoms with Gasteiger partial charge in [0.05, 0.1) is 22.1 Å². The summed E-state index contributed by atoms with van der Waals surface area (Å²) in [7, 11) is 0. The lowest BCUT2D eigenvalue weighted by Crippen LogP contribution is -1.98. The molecule has 12 rings (SSSR count). The third kappa shape index (κ3) is 4.72. The molecule has 0 N–H and O–H groups in total. The zero-order valence-corrected chi connectivity index (χ0v) is 32.4. The molecular weight excluding hydrogens is 701 g/mol. The van der Waals surface area contributed by atoms with Crippen molar-refractivity contribution in [2.75, 3.05) is 0 Å². The molecule has 0 unspecified atom stereocenters. The summed E-state index contributed by atoms with van der Waals surface area (Å²) in [6, 6.07) is 72.1. The second-order valence-corrected chi connectivity index (χ2v) is 15.8. The Bertz CT molecular complexity index is 3540. The summed E-state index contributed by atoms with van der Waals surface area (Å²) in [5.74, 6) is 0. The van der Waals surface area contributed by atoms with Gasteiger partial charge in [-0.05, 0) is 128 Å². The van der Waals surface area contributed by atoms with Crippen molar-refractivity contribution in [2.24, 2.45) is 0 Å². The van der Waals surface area contributed by atoms with E-state index in [-0.39, 0.29) is 0 Å². The predicted octanol–water partition coefficient (Wildman–Crippen LogP) is 15.3. The van der Waals surface area contributed by atoms with E-state index in [4.69, 9.17) is 0 Å². The van der Waals surface area contributed by atoms with E-state index in [1.807, 2.05) is 0 Å². The van der Waals surface area contributed by atoms with Crippen LogP contribution < -0.4 is 0 Å². The molecule has 10 aromatic carbocycles. The molecule has 0 saturated heterocycles. The molecule has 2 heterocycles. The van der Waals surface area contributed by atoms with Crippen LogP contribution in [0.1, 0.15) is 11.1 Å². The smallest absolute Gasteiger partial charge is 0.0541 e. The highest BCUT2D eigenvalue weighted by Crippen LogP contribution is 2.48. The van der Waals surface area contributed by atoms with Gasteiger partial charge in [0.1, 0.15) is 0 Å². The van der Waals surface area contributed by atoms with Crippen molar-refractivity contribution in [3.63, 3.8) is 0 Å². The first kappa shape index (κ1) is 32.8. The van der Waals surface area contributed by atoms with Crippen LogP contribution in [0.2, 0.25) is 0 Å². The van der Waals surface area contributed by atoms with E-state index in [2.05, 4.69) is 217 Å². The highest BCUT2D eigenvalue weighted by atomic mass is 15.0. The molecule has 12 aromatic rings. The third-order valence-corrected chi connectivity index (χ3v) is 12.6. The van der Waals surface area contributed by atoms with Gasteiger partial charge in [0.15, 0.2) is 0 Å². The van der Waals surface area contributed by atoms with Gasteiger partial charge in [-0.15, -0.1) is 0 Å².